The Bertz CT molecular complexity index is 1190. The first-order valence-corrected chi connectivity index (χ1v) is 28.3. The average Bonchev–Trinajstić information content (AvgIpc) is 3.33. The van der Waals surface area contributed by atoms with Gasteiger partial charge in [0.25, 0.3) is 0 Å². The summed E-state index contributed by atoms with van der Waals surface area (Å²) in [6, 6.07) is -0.714. The highest BCUT2D eigenvalue weighted by Crippen LogP contribution is 2.23. The minimum absolute atomic E-state index is 0.136. The van der Waals surface area contributed by atoms with E-state index in [9.17, 15) is 30.3 Å². The van der Waals surface area contributed by atoms with E-state index in [1.54, 1.807) is 0 Å². The molecule has 0 saturated carbocycles. The number of carbonyl (C=O) groups excluding carboxylic acids is 1. The molecule has 9 nitrogen and oxygen atoms in total. The van der Waals surface area contributed by atoms with Gasteiger partial charge in [-0.2, -0.15) is 0 Å². The van der Waals surface area contributed by atoms with Crippen LogP contribution in [0, 0.1) is 0 Å². The van der Waals surface area contributed by atoms with Gasteiger partial charge in [0.2, 0.25) is 5.91 Å². The number of aliphatic hydroxyl groups excluding tert-OH is 5. The van der Waals surface area contributed by atoms with Crippen LogP contribution in [0.5, 0.6) is 0 Å². The Labute approximate surface area is 412 Å². The summed E-state index contributed by atoms with van der Waals surface area (Å²) in [6.07, 6.45) is 56.3. The van der Waals surface area contributed by atoms with Crippen molar-refractivity contribution in [3.8, 4) is 0 Å². The standard InChI is InChI=1S/C58H107NO8/c1-3-5-7-9-11-12-13-14-15-16-17-18-19-20-21-22-23-24-25-26-27-28-29-30-31-32-33-34-35-36-37-38-39-40-42-44-46-48-54(62)59-51(52(61)47-45-43-41-10-8-6-4-2)50-66-58-57(65)56(64)55(63)53(49-60)67-58/h5,7,11-12,14-15,17-18,51-53,55-58,60-61,63-65H,3-4,6,8-10,13,16,19-50H2,1-2H3,(H,59,62)/b7-5-,12-11-,15-14-,18-17-. The van der Waals surface area contributed by atoms with Crippen LogP contribution < -0.4 is 5.32 Å². The summed E-state index contributed by atoms with van der Waals surface area (Å²) < 4.78 is 11.2. The number of aliphatic hydroxyl groups is 5. The van der Waals surface area contributed by atoms with E-state index >= 15 is 0 Å². The van der Waals surface area contributed by atoms with Gasteiger partial charge in [-0.3, -0.25) is 4.79 Å². The number of nitrogens with one attached hydrogen (secondary N) is 1. The lowest BCUT2D eigenvalue weighted by Gasteiger charge is -2.40. The lowest BCUT2D eigenvalue weighted by atomic mass is 9.99. The van der Waals surface area contributed by atoms with Gasteiger partial charge >= 0.3 is 0 Å². The summed E-state index contributed by atoms with van der Waals surface area (Å²) in [5, 5.41) is 54.2. The molecule has 7 unspecified atom stereocenters. The molecule has 1 heterocycles. The third-order valence-electron chi connectivity index (χ3n) is 13.4. The van der Waals surface area contributed by atoms with Crippen molar-refractivity contribution in [1.29, 1.82) is 0 Å². The second-order valence-corrected chi connectivity index (χ2v) is 19.7. The molecule has 0 aromatic carbocycles. The molecule has 9 heteroatoms. The average molecular weight is 946 g/mol. The third-order valence-corrected chi connectivity index (χ3v) is 13.4. The number of hydrogen-bond acceptors (Lipinski definition) is 8. The Morgan fingerprint density at radius 2 is 0.925 bits per heavy atom. The van der Waals surface area contributed by atoms with E-state index < -0.39 is 49.5 Å². The van der Waals surface area contributed by atoms with Gasteiger partial charge in [-0.05, 0) is 51.4 Å². The zero-order chi connectivity index (χ0) is 48.7. The molecule has 1 rings (SSSR count). The topological polar surface area (TPSA) is 149 Å². The van der Waals surface area contributed by atoms with Crippen molar-refractivity contribution in [3.05, 3.63) is 48.6 Å². The molecule has 0 aromatic heterocycles. The summed E-state index contributed by atoms with van der Waals surface area (Å²) in [5.74, 6) is -0.145. The fourth-order valence-electron chi connectivity index (χ4n) is 8.98. The molecule has 0 spiro atoms. The molecule has 392 valence electrons. The molecule has 0 bridgehead atoms. The Kier molecular flexibility index (Phi) is 45.1. The molecule has 6 N–H and O–H groups in total. The maximum atomic E-state index is 13.0. The Morgan fingerprint density at radius 3 is 1.37 bits per heavy atom. The van der Waals surface area contributed by atoms with Gasteiger partial charge < -0.3 is 40.3 Å². The predicted molar refractivity (Wildman–Crippen MR) is 281 cm³/mol. The molecule has 0 aromatic rings. The second kappa shape index (κ2) is 47.8. The molecule has 0 radical (unpaired) electrons. The maximum absolute atomic E-state index is 13.0. The van der Waals surface area contributed by atoms with Gasteiger partial charge in [0, 0.05) is 6.42 Å². The summed E-state index contributed by atoms with van der Waals surface area (Å²) in [5.41, 5.74) is 0. The van der Waals surface area contributed by atoms with E-state index in [1.807, 2.05) is 0 Å². The summed E-state index contributed by atoms with van der Waals surface area (Å²) in [6.45, 7) is 3.68. The fourth-order valence-corrected chi connectivity index (χ4v) is 8.98. The van der Waals surface area contributed by atoms with Crippen LogP contribution in [0.4, 0.5) is 0 Å². The number of rotatable bonds is 48. The molecule has 1 saturated heterocycles. The largest absolute Gasteiger partial charge is 0.394 e. The molecule has 1 amide bonds. The summed E-state index contributed by atoms with van der Waals surface area (Å²) in [4.78, 5) is 13.0. The molecule has 1 fully saturated rings. The fraction of sp³-hybridized carbons (Fsp3) is 0.845. The van der Waals surface area contributed by atoms with Crippen LogP contribution in [0.2, 0.25) is 0 Å². The molecular weight excluding hydrogens is 839 g/mol. The van der Waals surface area contributed by atoms with Gasteiger partial charge in [-0.1, -0.05) is 249 Å². The van der Waals surface area contributed by atoms with Crippen LogP contribution >= 0.6 is 0 Å². The molecule has 0 aliphatic carbocycles. The van der Waals surface area contributed by atoms with Gasteiger partial charge in [0.1, 0.15) is 24.4 Å². The van der Waals surface area contributed by atoms with Crippen LogP contribution in [0.25, 0.3) is 0 Å². The first-order chi connectivity index (χ1) is 32.8. The first-order valence-electron chi connectivity index (χ1n) is 28.3. The highest BCUT2D eigenvalue weighted by molar-refractivity contribution is 5.76. The molecular formula is C58H107NO8. The second-order valence-electron chi connectivity index (χ2n) is 19.7. The first kappa shape index (κ1) is 63.2. The van der Waals surface area contributed by atoms with Crippen LogP contribution in [0.1, 0.15) is 258 Å². The molecule has 1 aliphatic rings. The van der Waals surface area contributed by atoms with Crippen molar-refractivity contribution < 1.29 is 39.8 Å². The van der Waals surface area contributed by atoms with Crippen molar-refractivity contribution in [2.24, 2.45) is 0 Å². The number of allylic oxidation sites excluding steroid dienone is 8. The van der Waals surface area contributed by atoms with Gasteiger partial charge in [-0.25, -0.2) is 0 Å². The molecule has 67 heavy (non-hydrogen) atoms. The van der Waals surface area contributed by atoms with Crippen molar-refractivity contribution in [2.75, 3.05) is 13.2 Å². The lowest BCUT2D eigenvalue weighted by molar-refractivity contribution is -0.302. The number of unbranched alkanes of at least 4 members (excludes halogenated alkanes) is 30. The van der Waals surface area contributed by atoms with Crippen molar-refractivity contribution in [2.45, 2.75) is 301 Å². The van der Waals surface area contributed by atoms with Crippen molar-refractivity contribution in [3.63, 3.8) is 0 Å². The monoisotopic (exact) mass is 946 g/mol. The predicted octanol–water partition coefficient (Wildman–Crippen LogP) is 13.7. The number of ether oxygens (including phenoxy) is 2. The highest BCUT2D eigenvalue weighted by atomic mass is 16.7. The van der Waals surface area contributed by atoms with Gasteiger partial charge in [0.05, 0.1) is 25.4 Å². The number of amides is 1. The number of hydrogen-bond donors (Lipinski definition) is 6. The van der Waals surface area contributed by atoms with Gasteiger partial charge in [-0.15, -0.1) is 0 Å². The van der Waals surface area contributed by atoms with E-state index in [4.69, 9.17) is 9.47 Å². The van der Waals surface area contributed by atoms with Crippen LogP contribution in [-0.4, -0.2) is 87.5 Å². The van der Waals surface area contributed by atoms with E-state index in [0.29, 0.717) is 12.8 Å². The van der Waals surface area contributed by atoms with Crippen molar-refractivity contribution in [1.82, 2.24) is 5.32 Å². The van der Waals surface area contributed by atoms with Crippen LogP contribution in [-0.2, 0) is 14.3 Å². The van der Waals surface area contributed by atoms with Crippen LogP contribution in [0.3, 0.4) is 0 Å². The zero-order valence-corrected chi connectivity index (χ0v) is 43.4. The lowest BCUT2D eigenvalue weighted by Crippen LogP contribution is -2.60. The number of carbonyl (C=O) groups is 1. The quantitative estimate of drug-likeness (QED) is 0.0261. The highest BCUT2D eigenvalue weighted by Gasteiger charge is 2.44. The maximum Gasteiger partial charge on any atom is 0.220 e. The summed E-state index contributed by atoms with van der Waals surface area (Å²) >= 11 is 0. The molecule has 7 atom stereocenters. The zero-order valence-electron chi connectivity index (χ0n) is 43.4. The van der Waals surface area contributed by atoms with Crippen LogP contribution in [0.15, 0.2) is 48.6 Å². The minimum atomic E-state index is -1.55. The van der Waals surface area contributed by atoms with Gasteiger partial charge in [0.15, 0.2) is 6.29 Å². The Morgan fingerprint density at radius 1 is 0.522 bits per heavy atom. The Balaban J connectivity index is 1.98. The van der Waals surface area contributed by atoms with E-state index in [1.165, 1.54) is 167 Å². The molecule has 1 aliphatic heterocycles. The van der Waals surface area contributed by atoms with Crippen molar-refractivity contribution >= 4 is 5.91 Å². The van der Waals surface area contributed by atoms with E-state index in [0.717, 1.165) is 64.2 Å². The Hall–Kier alpha value is -1.85. The summed E-state index contributed by atoms with van der Waals surface area (Å²) in [7, 11) is 0. The smallest absolute Gasteiger partial charge is 0.220 e. The SMILES string of the molecule is CC/C=C\C/C=C\C/C=C\C/C=C\CCCCCCCCCCCCCCCCCCCCCCCCCCC(=O)NC(COC1OC(CO)C(O)C(O)C1O)C(O)CCCCCCCCC. The minimum Gasteiger partial charge on any atom is -0.394 e. The van der Waals surface area contributed by atoms with E-state index in [2.05, 4.69) is 67.8 Å². The normalized spacial score (nSPS) is 20.0. The third kappa shape index (κ3) is 37.6. The van der Waals surface area contributed by atoms with E-state index in [-0.39, 0.29) is 12.5 Å².